The van der Waals surface area contributed by atoms with Gasteiger partial charge in [0, 0.05) is 31.0 Å². The maximum atomic E-state index is 12.0. The fraction of sp³-hybridized carbons (Fsp3) is 0.389. The smallest absolute Gasteiger partial charge is 0.254 e. The Balaban J connectivity index is 1.86. The Morgan fingerprint density at radius 2 is 1.92 bits per heavy atom. The number of anilines is 1. The first-order chi connectivity index (χ1) is 11.7. The van der Waals surface area contributed by atoms with Crippen LogP contribution < -0.4 is 15.4 Å². The standard InChI is InChI=1S/C18H24N4O2/c1-3-4-7-10-19-17(23)15-12-21-18(22-13-15)20-11-14-8-5-6-9-16(14)24-2/h5-6,8-9,12-13H,3-4,7,10-11H2,1-2H3,(H,19,23)(H,20,21,22). The van der Waals surface area contributed by atoms with E-state index >= 15 is 0 Å². The second-order valence-corrected chi connectivity index (χ2v) is 5.42. The van der Waals surface area contributed by atoms with E-state index in [1.54, 1.807) is 7.11 Å². The second kappa shape index (κ2) is 9.50. The fourth-order valence-corrected chi connectivity index (χ4v) is 2.24. The largest absolute Gasteiger partial charge is 0.496 e. The van der Waals surface area contributed by atoms with Gasteiger partial charge in [0.15, 0.2) is 0 Å². The molecule has 0 saturated carbocycles. The van der Waals surface area contributed by atoms with E-state index in [9.17, 15) is 4.79 Å². The molecule has 0 unspecified atom stereocenters. The van der Waals surface area contributed by atoms with Gasteiger partial charge in [-0.2, -0.15) is 0 Å². The average molecular weight is 328 g/mol. The van der Waals surface area contributed by atoms with Crippen LogP contribution in [0.25, 0.3) is 0 Å². The highest BCUT2D eigenvalue weighted by molar-refractivity contribution is 5.93. The van der Waals surface area contributed by atoms with Gasteiger partial charge in [-0.05, 0) is 12.5 Å². The lowest BCUT2D eigenvalue weighted by Crippen LogP contribution is -2.24. The third-order valence-electron chi connectivity index (χ3n) is 3.61. The van der Waals surface area contributed by atoms with E-state index in [0.717, 1.165) is 30.6 Å². The molecule has 0 saturated heterocycles. The van der Waals surface area contributed by atoms with Crippen LogP contribution >= 0.6 is 0 Å². The van der Waals surface area contributed by atoms with Gasteiger partial charge < -0.3 is 15.4 Å². The Hall–Kier alpha value is -2.63. The van der Waals surface area contributed by atoms with Crippen molar-refractivity contribution in [3.8, 4) is 5.75 Å². The van der Waals surface area contributed by atoms with Gasteiger partial charge in [0.25, 0.3) is 5.91 Å². The van der Waals surface area contributed by atoms with Gasteiger partial charge in [-0.1, -0.05) is 38.0 Å². The Morgan fingerprint density at radius 1 is 1.17 bits per heavy atom. The number of nitrogens with one attached hydrogen (secondary N) is 2. The summed E-state index contributed by atoms with van der Waals surface area (Å²) in [5, 5.41) is 6.00. The minimum absolute atomic E-state index is 0.137. The minimum Gasteiger partial charge on any atom is -0.496 e. The van der Waals surface area contributed by atoms with E-state index in [2.05, 4.69) is 27.5 Å². The highest BCUT2D eigenvalue weighted by atomic mass is 16.5. The number of ether oxygens (including phenoxy) is 1. The molecule has 1 heterocycles. The summed E-state index contributed by atoms with van der Waals surface area (Å²) in [5.74, 6) is 1.15. The van der Waals surface area contributed by atoms with E-state index in [-0.39, 0.29) is 5.91 Å². The van der Waals surface area contributed by atoms with E-state index in [0.29, 0.717) is 24.6 Å². The molecule has 1 amide bonds. The lowest BCUT2D eigenvalue weighted by molar-refractivity contribution is 0.0952. The molecule has 0 aliphatic heterocycles. The van der Waals surface area contributed by atoms with Gasteiger partial charge >= 0.3 is 0 Å². The molecule has 0 bridgehead atoms. The van der Waals surface area contributed by atoms with E-state index in [1.807, 2.05) is 24.3 Å². The first-order valence-corrected chi connectivity index (χ1v) is 8.20. The summed E-state index contributed by atoms with van der Waals surface area (Å²) < 4.78 is 5.31. The predicted molar refractivity (Wildman–Crippen MR) is 94.2 cm³/mol. The van der Waals surface area contributed by atoms with Gasteiger partial charge in [-0.25, -0.2) is 9.97 Å². The van der Waals surface area contributed by atoms with Crippen molar-refractivity contribution in [1.82, 2.24) is 15.3 Å². The number of carbonyl (C=O) groups excluding carboxylic acids is 1. The van der Waals surface area contributed by atoms with Crippen molar-refractivity contribution < 1.29 is 9.53 Å². The second-order valence-electron chi connectivity index (χ2n) is 5.42. The normalized spacial score (nSPS) is 10.2. The highest BCUT2D eigenvalue weighted by Crippen LogP contribution is 2.17. The zero-order valence-corrected chi connectivity index (χ0v) is 14.2. The Kier molecular flexibility index (Phi) is 7.01. The molecule has 0 spiro atoms. The van der Waals surface area contributed by atoms with E-state index in [4.69, 9.17) is 4.74 Å². The molecule has 1 aromatic carbocycles. The monoisotopic (exact) mass is 328 g/mol. The predicted octanol–water partition coefficient (Wildman–Crippen LogP) is 3.02. The van der Waals surface area contributed by atoms with E-state index < -0.39 is 0 Å². The molecule has 0 aliphatic carbocycles. The average Bonchev–Trinajstić information content (AvgIpc) is 2.64. The number of benzene rings is 1. The SMILES string of the molecule is CCCCCNC(=O)c1cnc(NCc2ccccc2OC)nc1. The van der Waals surface area contributed by atoms with Gasteiger partial charge in [0.05, 0.1) is 12.7 Å². The first kappa shape index (κ1) is 17.7. The van der Waals surface area contributed by atoms with Crippen molar-refractivity contribution in [2.75, 3.05) is 19.0 Å². The molecule has 2 N–H and O–H groups in total. The summed E-state index contributed by atoms with van der Waals surface area (Å²) in [6, 6.07) is 7.76. The summed E-state index contributed by atoms with van der Waals surface area (Å²) in [6.45, 7) is 3.36. The molecule has 0 fully saturated rings. The van der Waals surface area contributed by atoms with Crippen LogP contribution in [0, 0.1) is 0 Å². The number of hydrogen-bond donors (Lipinski definition) is 2. The van der Waals surface area contributed by atoms with Crippen molar-refractivity contribution in [2.45, 2.75) is 32.7 Å². The summed E-state index contributed by atoms with van der Waals surface area (Å²) in [7, 11) is 1.64. The quantitative estimate of drug-likeness (QED) is 0.692. The molecule has 1 aromatic heterocycles. The summed E-state index contributed by atoms with van der Waals surface area (Å²) in [6.07, 6.45) is 6.30. The number of nitrogens with zero attached hydrogens (tertiary/aromatic N) is 2. The third-order valence-corrected chi connectivity index (χ3v) is 3.61. The number of unbranched alkanes of at least 4 members (excludes halogenated alkanes) is 2. The van der Waals surface area contributed by atoms with Gasteiger partial charge in [-0.3, -0.25) is 4.79 Å². The van der Waals surface area contributed by atoms with Gasteiger partial charge in [0.1, 0.15) is 5.75 Å². The van der Waals surface area contributed by atoms with Gasteiger partial charge in [-0.15, -0.1) is 0 Å². The molecule has 0 aliphatic rings. The van der Waals surface area contributed by atoms with Crippen LogP contribution in [-0.4, -0.2) is 29.5 Å². The molecule has 6 heteroatoms. The molecular formula is C18H24N4O2. The fourth-order valence-electron chi connectivity index (χ4n) is 2.24. The highest BCUT2D eigenvalue weighted by Gasteiger charge is 2.07. The van der Waals surface area contributed by atoms with Crippen LogP contribution in [0.4, 0.5) is 5.95 Å². The lowest BCUT2D eigenvalue weighted by atomic mass is 10.2. The number of methoxy groups -OCH3 is 1. The van der Waals surface area contributed by atoms with Crippen molar-refractivity contribution in [1.29, 1.82) is 0 Å². The zero-order chi connectivity index (χ0) is 17.2. The maximum absolute atomic E-state index is 12.0. The lowest BCUT2D eigenvalue weighted by Gasteiger charge is -2.09. The number of amides is 1. The summed E-state index contributed by atoms with van der Waals surface area (Å²) in [5.41, 5.74) is 1.48. The molecule has 128 valence electrons. The minimum atomic E-state index is -0.137. The maximum Gasteiger partial charge on any atom is 0.254 e. The van der Waals surface area contributed by atoms with E-state index in [1.165, 1.54) is 12.4 Å². The van der Waals surface area contributed by atoms with Gasteiger partial charge in [0.2, 0.25) is 5.95 Å². The Bertz CT molecular complexity index is 644. The third kappa shape index (κ3) is 5.22. The number of rotatable bonds is 9. The Labute approximate surface area is 142 Å². The summed E-state index contributed by atoms with van der Waals surface area (Å²) in [4.78, 5) is 20.3. The van der Waals surface area contributed by atoms with Crippen molar-refractivity contribution in [2.24, 2.45) is 0 Å². The van der Waals surface area contributed by atoms with Crippen LogP contribution in [0.5, 0.6) is 5.75 Å². The summed E-state index contributed by atoms with van der Waals surface area (Å²) >= 11 is 0. The van der Waals surface area contributed by atoms with Crippen LogP contribution in [0.1, 0.15) is 42.1 Å². The molecule has 2 rings (SSSR count). The first-order valence-electron chi connectivity index (χ1n) is 8.20. The van der Waals surface area contributed by atoms with Crippen molar-refractivity contribution in [3.63, 3.8) is 0 Å². The molecule has 2 aromatic rings. The van der Waals surface area contributed by atoms with Crippen molar-refractivity contribution in [3.05, 3.63) is 47.8 Å². The number of para-hydroxylation sites is 1. The van der Waals surface area contributed by atoms with Crippen LogP contribution in [0.2, 0.25) is 0 Å². The van der Waals surface area contributed by atoms with Crippen LogP contribution in [-0.2, 0) is 6.54 Å². The number of aromatic nitrogens is 2. The van der Waals surface area contributed by atoms with Crippen molar-refractivity contribution >= 4 is 11.9 Å². The van der Waals surface area contributed by atoms with Crippen LogP contribution in [0.15, 0.2) is 36.7 Å². The topological polar surface area (TPSA) is 76.1 Å². The van der Waals surface area contributed by atoms with Crippen LogP contribution in [0.3, 0.4) is 0 Å². The molecule has 6 nitrogen and oxygen atoms in total. The molecule has 0 atom stereocenters. The molecule has 0 radical (unpaired) electrons. The molecule has 24 heavy (non-hydrogen) atoms. The zero-order valence-electron chi connectivity index (χ0n) is 14.2. The molecular weight excluding hydrogens is 304 g/mol. The Morgan fingerprint density at radius 3 is 2.62 bits per heavy atom. The number of hydrogen-bond acceptors (Lipinski definition) is 5. The number of carbonyl (C=O) groups is 1.